The zero-order valence-electron chi connectivity index (χ0n) is 40.5. The van der Waals surface area contributed by atoms with Crippen molar-refractivity contribution >= 4 is 29.9 Å². The highest BCUT2D eigenvalue weighted by molar-refractivity contribution is 5.98. The van der Waals surface area contributed by atoms with Gasteiger partial charge in [-0.15, -0.1) is 0 Å². The Hall–Kier alpha value is -5.15. The lowest BCUT2D eigenvalue weighted by Gasteiger charge is -2.21. The maximum atomic E-state index is 13.2. The summed E-state index contributed by atoms with van der Waals surface area (Å²) in [5.74, 6) is -1.58. The summed E-state index contributed by atoms with van der Waals surface area (Å²) in [4.78, 5) is 39.0. The third-order valence-corrected chi connectivity index (χ3v) is 10.5. The second kappa shape index (κ2) is 25.5. The number of hydrogen-bond donors (Lipinski definition) is 1. The molecule has 18 nitrogen and oxygen atoms in total. The quantitative estimate of drug-likeness (QED) is 0.128. The van der Waals surface area contributed by atoms with Gasteiger partial charge < -0.3 is 71.4 Å². The molecule has 4 aliphatic heterocycles. The highest BCUT2D eigenvalue weighted by atomic mass is 16.8. The molecule has 2 saturated heterocycles. The van der Waals surface area contributed by atoms with Gasteiger partial charge in [0.2, 0.25) is 0 Å². The molecule has 2 aromatic rings. The molecular formula is C50H66O18. The van der Waals surface area contributed by atoms with Crippen molar-refractivity contribution in [1.82, 2.24) is 0 Å². The van der Waals surface area contributed by atoms with Crippen molar-refractivity contribution in [3.8, 4) is 23.0 Å². The first-order chi connectivity index (χ1) is 32.5. The smallest absolute Gasteiger partial charge is 0.342 e. The average molecular weight is 955 g/mol. The van der Waals surface area contributed by atoms with Crippen molar-refractivity contribution in [1.29, 1.82) is 0 Å². The lowest BCUT2D eigenvalue weighted by Crippen LogP contribution is -2.34. The average Bonchev–Trinajstić information content (AvgIpc) is 3.78. The standard InChI is InChI=1S/C25H34O9.C25H32O9/c2*1-16-8-6-10-19(26)23-20(33-25(2,3)34-23)11-7-9-17-12-18(30-14-28-4)13-21(31-15-29-5)22(17)24(27)32-16/h6-7,9-10,12-13,16,19-20,23,26H,8,11,14-15H2,1-5H3;6-7,9-10,12-13,16,20,23H,8,11,14-15H2,1-5H3/b2*9-7+,10-6-/t16-,19?,20-,23+;16-,20-,23+/m00/s1. The molecule has 0 bridgehead atoms. The summed E-state index contributed by atoms with van der Waals surface area (Å²) in [6, 6.07) is 6.60. The number of aliphatic hydroxyl groups excluding tert-OH is 1. The Labute approximate surface area is 397 Å². The summed E-state index contributed by atoms with van der Waals surface area (Å²) in [6.45, 7) is 10.6. The van der Waals surface area contributed by atoms with Gasteiger partial charge in [0.25, 0.3) is 0 Å². The van der Waals surface area contributed by atoms with E-state index in [1.54, 1.807) is 82.3 Å². The normalized spacial score (nSPS) is 27.6. The zero-order valence-corrected chi connectivity index (χ0v) is 40.5. The van der Waals surface area contributed by atoms with Crippen LogP contribution in [-0.2, 0) is 52.2 Å². The van der Waals surface area contributed by atoms with E-state index in [-0.39, 0.29) is 61.7 Å². The monoisotopic (exact) mass is 954 g/mol. The molecule has 6 rings (SSSR count). The fraction of sp³-hybridized carbons (Fsp3) is 0.540. The topological polar surface area (TPSA) is 201 Å². The van der Waals surface area contributed by atoms with Crippen LogP contribution < -0.4 is 18.9 Å². The first-order valence-electron chi connectivity index (χ1n) is 22.3. The number of fused-ring (bicyclic) bond motifs is 4. The molecule has 0 spiro atoms. The zero-order chi connectivity index (χ0) is 49.4. The van der Waals surface area contributed by atoms with Gasteiger partial charge in [0, 0.05) is 53.4 Å². The van der Waals surface area contributed by atoms with Gasteiger partial charge in [-0.1, -0.05) is 42.5 Å². The van der Waals surface area contributed by atoms with Crippen LogP contribution in [-0.4, -0.2) is 133 Å². The molecule has 2 fully saturated rings. The van der Waals surface area contributed by atoms with Gasteiger partial charge in [-0.3, -0.25) is 4.79 Å². The Kier molecular flexibility index (Phi) is 20.1. The van der Waals surface area contributed by atoms with Crippen molar-refractivity contribution in [2.45, 2.75) is 122 Å². The molecule has 0 saturated carbocycles. The van der Waals surface area contributed by atoms with Gasteiger partial charge in [0.1, 0.15) is 64.6 Å². The Balaban J connectivity index is 0.000000254. The van der Waals surface area contributed by atoms with Gasteiger partial charge in [0.05, 0.1) is 12.2 Å². The summed E-state index contributed by atoms with van der Waals surface area (Å²) >= 11 is 0. The van der Waals surface area contributed by atoms with Crippen LogP contribution in [0.3, 0.4) is 0 Å². The first kappa shape index (κ1) is 53.8. The van der Waals surface area contributed by atoms with Crippen LogP contribution in [0.15, 0.2) is 60.7 Å². The van der Waals surface area contributed by atoms with Crippen molar-refractivity contribution in [3.05, 3.63) is 83.0 Å². The number of carbonyl (C=O) groups excluding carboxylic acids is 3. The van der Waals surface area contributed by atoms with E-state index in [9.17, 15) is 19.5 Å². The van der Waals surface area contributed by atoms with Crippen molar-refractivity contribution < 1.29 is 85.8 Å². The van der Waals surface area contributed by atoms with Crippen molar-refractivity contribution in [2.75, 3.05) is 55.6 Å². The molecule has 4 aliphatic rings. The molecule has 0 radical (unpaired) electrons. The number of esters is 2. The van der Waals surface area contributed by atoms with E-state index >= 15 is 0 Å². The van der Waals surface area contributed by atoms with Crippen LogP contribution in [0.5, 0.6) is 23.0 Å². The van der Waals surface area contributed by atoms with Gasteiger partial charge >= 0.3 is 11.9 Å². The molecule has 4 heterocycles. The van der Waals surface area contributed by atoms with Crippen molar-refractivity contribution in [2.24, 2.45) is 0 Å². The van der Waals surface area contributed by atoms with E-state index in [0.29, 0.717) is 48.3 Å². The van der Waals surface area contributed by atoms with E-state index in [1.807, 2.05) is 26.0 Å². The van der Waals surface area contributed by atoms with Crippen LogP contribution in [0.2, 0.25) is 0 Å². The van der Waals surface area contributed by atoms with E-state index in [0.717, 1.165) is 0 Å². The fourth-order valence-electron chi connectivity index (χ4n) is 7.63. The summed E-state index contributed by atoms with van der Waals surface area (Å²) in [5, 5.41) is 10.7. The Morgan fingerprint density at radius 2 is 1.00 bits per heavy atom. The number of methoxy groups -OCH3 is 4. The molecule has 2 aromatic carbocycles. The van der Waals surface area contributed by atoms with E-state index < -0.39 is 60.1 Å². The van der Waals surface area contributed by atoms with Crippen LogP contribution in [0, 0.1) is 0 Å². The minimum absolute atomic E-state index is 0.0200. The van der Waals surface area contributed by atoms with Gasteiger partial charge in [-0.25, -0.2) is 9.59 Å². The molecule has 7 atom stereocenters. The molecular weight excluding hydrogens is 889 g/mol. The number of rotatable bonds is 12. The summed E-state index contributed by atoms with van der Waals surface area (Å²) in [7, 11) is 6.01. The van der Waals surface area contributed by atoms with Gasteiger partial charge in [0.15, 0.2) is 44.5 Å². The molecule has 18 heteroatoms. The number of ketones is 1. The Bertz CT molecular complexity index is 2120. The molecule has 1 unspecified atom stereocenters. The first-order valence-corrected chi connectivity index (χ1v) is 22.3. The van der Waals surface area contributed by atoms with Crippen LogP contribution in [0.1, 0.15) is 99.1 Å². The molecule has 68 heavy (non-hydrogen) atoms. The number of hydrogen-bond acceptors (Lipinski definition) is 18. The lowest BCUT2D eigenvalue weighted by atomic mass is 10.0. The number of aliphatic hydroxyl groups is 1. The van der Waals surface area contributed by atoms with E-state index in [4.69, 9.17) is 66.3 Å². The Morgan fingerprint density at radius 1 is 0.559 bits per heavy atom. The molecule has 374 valence electrons. The molecule has 1 N–H and O–H groups in total. The molecule has 0 aromatic heterocycles. The summed E-state index contributed by atoms with van der Waals surface area (Å²) in [6.07, 6.45) is 11.5. The van der Waals surface area contributed by atoms with Crippen LogP contribution >= 0.6 is 0 Å². The minimum atomic E-state index is -0.882. The maximum absolute atomic E-state index is 13.2. The molecule has 0 aliphatic carbocycles. The van der Waals surface area contributed by atoms with Gasteiger partial charge in [-0.2, -0.15) is 0 Å². The maximum Gasteiger partial charge on any atom is 0.342 e. The van der Waals surface area contributed by atoms with Crippen LogP contribution in [0.4, 0.5) is 0 Å². The van der Waals surface area contributed by atoms with E-state index in [2.05, 4.69) is 0 Å². The Morgan fingerprint density at radius 3 is 1.51 bits per heavy atom. The second-order valence-electron chi connectivity index (χ2n) is 17.1. The largest absolute Gasteiger partial charge is 0.467 e. The highest BCUT2D eigenvalue weighted by Crippen LogP contribution is 2.37. The second-order valence-corrected chi connectivity index (χ2v) is 17.1. The highest BCUT2D eigenvalue weighted by Gasteiger charge is 2.45. The lowest BCUT2D eigenvalue weighted by molar-refractivity contribution is -0.152. The molecule has 0 amide bonds. The van der Waals surface area contributed by atoms with Gasteiger partial charge in [-0.05, 0) is 83.7 Å². The van der Waals surface area contributed by atoms with E-state index in [1.165, 1.54) is 34.5 Å². The third-order valence-electron chi connectivity index (χ3n) is 10.5. The SMILES string of the molecule is COCOc1cc2c(c(OCOC)c1)C(=O)O[C@@H](C)C/C=C\C(=O)[C@H]1OC(C)(C)O[C@H]1C/C=C/2.COCOc1cc2c(c(OCOC)c1)C(=O)O[C@@H](C)C/C=C\C(O)[C@H]1OC(C)(C)O[C@H]1C/C=C/2. The number of carbonyl (C=O) groups is 3. The minimum Gasteiger partial charge on any atom is -0.467 e. The van der Waals surface area contributed by atoms with Crippen LogP contribution in [0.25, 0.3) is 12.2 Å². The predicted molar refractivity (Wildman–Crippen MR) is 246 cm³/mol. The predicted octanol–water partition coefficient (Wildman–Crippen LogP) is 7.09. The van der Waals surface area contributed by atoms with Crippen molar-refractivity contribution in [3.63, 3.8) is 0 Å². The third kappa shape index (κ3) is 15.4. The number of benzene rings is 2. The number of cyclic esters (lactones) is 2. The summed E-state index contributed by atoms with van der Waals surface area (Å²) in [5.41, 5.74) is 1.55. The summed E-state index contributed by atoms with van der Waals surface area (Å²) < 4.78 is 77.7. The fourth-order valence-corrected chi connectivity index (χ4v) is 7.63. The number of ether oxygens (including phenoxy) is 14.